The molecule has 60 heavy (non-hydrogen) atoms. The van der Waals surface area contributed by atoms with Gasteiger partial charge in [0.15, 0.2) is 0 Å². The Morgan fingerprint density at radius 2 is 0.767 bits per heavy atom. The summed E-state index contributed by atoms with van der Waals surface area (Å²) in [4.78, 5) is 2.40. The van der Waals surface area contributed by atoms with E-state index in [4.69, 9.17) is 0 Å². The van der Waals surface area contributed by atoms with Gasteiger partial charge in [-0.05, 0) is 109 Å². The largest absolute Gasteiger partial charge is 0.310 e. The Morgan fingerprint density at radius 1 is 0.300 bits per heavy atom. The predicted octanol–water partition coefficient (Wildman–Crippen LogP) is 15.7. The maximum Gasteiger partial charge on any atom is 0.0713 e. The Balaban J connectivity index is 1.03. The molecule has 0 spiro atoms. The van der Waals surface area contributed by atoms with Crippen LogP contribution in [0.25, 0.3) is 55.3 Å². The van der Waals surface area contributed by atoms with Crippen LogP contribution in [0.5, 0.6) is 0 Å². The fraction of sp³-hybridized carbons (Fsp3) is 0.0169. The summed E-state index contributed by atoms with van der Waals surface area (Å²) in [5.74, 6) is 0. The number of nitrogens with zero attached hydrogens (tertiary/aromatic N) is 1. The Morgan fingerprint density at radius 3 is 1.45 bits per heavy atom. The molecule has 1 aliphatic rings. The summed E-state index contributed by atoms with van der Waals surface area (Å²) in [6, 6.07) is 90.8. The molecule has 0 aromatic heterocycles. The van der Waals surface area contributed by atoms with Crippen LogP contribution in [-0.2, 0) is 5.41 Å². The van der Waals surface area contributed by atoms with Crippen LogP contribution in [0.3, 0.4) is 0 Å². The minimum Gasteiger partial charge on any atom is -0.310 e. The van der Waals surface area contributed by atoms with E-state index in [1.165, 1.54) is 77.5 Å². The van der Waals surface area contributed by atoms with Crippen LogP contribution < -0.4 is 4.90 Å². The first kappa shape index (κ1) is 35.4. The standard InChI is InChI=1S/C59H41N/c1-4-17-42(18-5-1)46-21-14-22-47(41-46)43-33-37-50(38-34-43)60(57-32-15-20-44-19-10-11-27-52(44)57)51-39-35-45(36-40-51)53-29-16-31-56-58(53)54-28-12-13-30-55(54)59(56,48-23-6-2-7-24-48)49-25-8-3-9-26-49/h1-41H. The smallest absolute Gasteiger partial charge is 0.0713 e. The van der Waals surface area contributed by atoms with Crippen LogP contribution in [-0.4, -0.2) is 0 Å². The van der Waals surface area contributed by atoms with Gasteiger partial charge in [0.05, 0.1) is 11.1 Å². The maximum absolute atomic E-state index is 2.40. The van der Waals surface area contributed by atoms with Crippen LogP contribution in [0.4, 0.5) is 17.1 Å². The molecule has 1 aliphatic carbocycles. The summed E-state index contributed by atoms with van der Waals surface area (Å²) in [6.45, 7) is 0. The summed E-state index contributed by atoms with van der Waals surface area (Å²) in [5, 5.41) is 2.42. The van der Waals surface area contributed by atoms with Crippen LogP contribution in [0, 0.1) is 0 Å². The normalized spacial score (nSPS) is 12.5. The van der Waals surface area contributed by atoms with E-state index < -0.39 is 5.41 Å². The highest BCUT2D eigenvalue weighted by Crippen LogP contribution is 2.58. The van der Waals surface area contributed by atoms with Gasteiger partial charge in [0.2, 0.25) is 0 Å². The van der Waals surface area contributed by atoms with Crippen molar-refractivity contribution >= 4 is 27.8 Å². The topological polar surface area (TPSA) is 3.24 Å². The number of benzene rings is 10. The lowest BCUT2D eigenvalue weighted by Gasteiger charge is -2.34. The van der Waals surface area contributed by atoms with E-state index in [0.717, 1.165) is 17.1 Å². The molecule has 0 heterocycles. The van der Waals surface area contributed by atoms with E-state index in [1.54, 1.807) is 0 Å². The Labute approximate surface area is 352 Å². The maximum atomic E-state index is 2.40. The number of fused-ring (bicyclic) bond motifs is 4. The molecule has 0 fully saturated rings. The average molecular weight is 764 g/mol. The van der Waals surface area contributed by atoms with Crippen molar-refractivity contribution in [1.29, 1.82) is 0 Å². The number of hydrogen-bond acceptors (Lipinski definition) is 1. The van der Waals surface area contributed by atoms with Gasteiger partial charge in [-0.3, -0.25) is 0 Å². The van der Waals surface area contributed by atoms with Crippen molar-refractivity contribution in [3.05, 3.63) is 271 Å². The van der Waals surface area contributed by atoms with Gasteiger partial charge in [-0.1, -0.05) is 212 Å². The van der Waals surface area contributed by atoms with Crippen molar-refractivity contribution in [3.8, 4) is 44.5 Å². The fourth-order valence-electron chi connectivity index (χ4n) is 9.67. The molecule has 0 amide bonds. The van der Waals surface area contributed by atoms with Crippen molar-refractivity contribution in [3.63, 3.8) is 0 Å². The van der Waals surface area contributed by atoms with Crippen LogP contribution in [0.15, 0.2) is 249 Å². The molecule has 0 unspecified atom stereocenters. The van der Waals surface area contributed by atoms with E-state index in [-0.39, 0.29) is 0 Å². The van der Waals surface area contributed by atoms with Crippen LogP contribution >= 0.6 is 0 Å². The minimum atomic E-state index is -0.440. The van der Waals surface area contributed by atoms with E-state index >= 15 is 0 Å². The molecule has 11 rings (SSSR count). The summed E-state index contributed by atoms with van der Waals surface area (Å²) in [7, 11) is 0. The Bertz CT molecular complexity index is 3070. The molecule has 0 saturated heterocycles. The third-order valence-electron chi connectivity index (χ3n) is 12.4. The van der Waals surface area contributed by atoms with Gasteiger partial charge >= 0.3 is 0 Å². The summed E-state index contributed by atoms with van der Waals surface area (Å²) < 4.78 is 0. The van der Waals surface area contributed by atoms with E-state index in [0.29, 0.717) is 0 Å². The first-order valence-corrected chi connectivity index (χ1v) is 20.8. The van der Waals surface area contributed by atoms with E-state index in [1.807, 2.05) is 0 Å². The SMILES string of the molecule is c1ccc(-c2cccc(-c3ccc(N(c4ccc(-c5cccc6c5-c5ccccc5C6(c5ccccc5)c5ccccc5)cc4)c4cccc5ccccc45)cc3)c2)cc1. The second-order valence-corrected chi connectivity index (χ2v) is 15.6. The third kappa shape index (κ3) is 5.86. The summed E-state index contributed by atoms with van der Waals surface area (Å²) >= 11 is 0. The molecule has 0 atom stereocenters. The third-order valence-corrected chi connectivity index (χ3v) is 12.4. The summed E-state index contributed by atoms with van der Waals surface area (Å²) in [5.41, 5.74) is 17.9. The van der Waals surface area contributed by atoms with Crippen molar-refractivity contribution < 1.29 is 0 Å². The van der Waals surface area contributed by atoms with E-state index in [2.05, 4.69) is 254 Å². The highest BCUT2D eigenvalue weighted by molar-refractivity contribution is 6.00. The molecule has 0 aliphatic heterocycles. The van der Waals surface area contributed by atoms with Gasteiger partial charge in [0.25, 0.3) is 0 Å². The van der Waals surface area contributed by atoms with Crippen molar-refractivity contribution in [1.82, 2.24) is 0 Å². The molecular formula is C59H41N. The molecule has 0 bridgehead atoms. The van der Waals surface area contributed by atoms with Gasteiger partial charge in [0.1, 0.15) is 0 Å². The Hall–Kier alpha value is -7.74. The predicted molar refractivity (Wildman–Crippen MR) is 252 cm³/mol. The van der Waals surface area contributed by atoms with Crippen LogP contribution in [0.2, 0.25) is 0 Å². The van der Waals surface area contributed by atoms with E-state index in [9.17, 15) is 0 Å². The lowest BCUT2D eigenvalue weighted by molar-refractivity contribution is 0.768. The zero-order valence-electron chi connectivity index (χ0n) is 33.1. The van der Waals surface area contributed by atoms with Gasteiger partial charge in [-0.25, -0.2) is 0 Å². The molecule has 282 valence electrons. The molecule has 10 aromatic rings. The first-order chi connectivity index (χ1) is 29.8. The molecular weight excluding hydrogens is 723 g/mol. The zero-order chi connectivity index (χ0) is 39.9. The fourth-order valence-corrected chi connectivity index (χ4v) is 9.67. The first-order valence-electron chi connectivity index (χ1n) is 20.8. The molecule has 10 aromatic carbocycles. The van der Waals surface area contributed by atoms with Crippen molar-refractivity contribution in [2.24, 2.45) is 0 Å². The monoisotopic (exact) mass is 763 g/mol. The van der Waals surface area contributed by atoms with Gasteiger partial charge in [-0.15, -0.1) is 0 Å². The highest BCUT2D eigenvalue weighted by Gasteiger charge is 2.46. The van der Waals surface area contributed by atoms with Crippen molar-refractivity contribution in [2.75, 3.05) is 4.90 Å². The molecule has 0 radical (unpaired) electrons. The average Bonchev–Trinajstić information content (AvgIpc) is 3.64. The number of hydrogen-bond donors (Lipinski definition) is 0. The quantitative estimate of drug-likeness (QED) is 0.149. The molecule has 0 saturated carbocycles. The lowest BCUT2D eigenvalue weighted by atomic mass is 9.67. The molecule has 1 heteroatoms. The van der Waals surface area contributed by atoms with Gasteiger partial charge in [-0.2, -0.15) is 0 Å². The highest BCUT2D eigenvalue weighted by atomic mass is 15.1. The van der Waals surface area contributed by atoms with Gasteiger partial charge < -0.3 is 4.90 Å². The second-order valence-electron chi connectivity index (χ2n) is 15.6. The molecule has 0 N–H and O–H groups in total. The second kappa shape index (κ2) is 14.9. The lowest BCUT2D eigenvalue weighted by Crippen LogP contribution is -2.28. The number of rotatable bonds is 8. The van der Waals surface area contributed by atoms with Crippen LogP contribution in [0.1, 0.15) is 22.3 Å². The Kier molecular flexibility index (Phi) is 8.79. The summed E-state index contributed by atoms with van der Waals surface area (Å²) in [6.07, 6.45) is 0. The minimum absolute atomic E-state index is 0.440. The zero-order valence-corrected chi connectivity index (χ0v) is 33.1. The molecule has 1 nitrogen and oxygen atoms in total. The van der Waals surface area contributed by atoms with Gasteiger partial charge in [0, 0.05) is 16.8 Å². The van der Waals surface area contributed by atoms with Crippen molar-refractivity contribution in [2.45, 2.75) is 5.41 Å². The number of anilines is 3.